The molecule has 4 aromatic carbocycles. The summed E-state index contributed by atoms with van der Waals surface area (Å²) in [7, 11) is 0. The number of nitrogens with zero attached hydrogens (tertiary/aromatic N) is 2. The normalized spacial score (nSPS) is 18.2. The Balaban J connectivity index is 1.09. The predicted octanol–water partition coefficient (Wildman–Crippen LogP) is 10.2. The van der Waals surface area contributed by atoms with Crippen LogP contribution in [0.15, 0.2) is 81.7 Å². The van der Waals surface area contributed by atoms with Gasteiger partial charge in [0.1, 0.15) is 36.8 Å². The van der Waals surface area contributed by atoms with E-state index in [-0.39, 0.29) is 13.2 Å². The number of piperidine rings is 2. The van der Waals surface area contributed by atoms with Crippen molar-refractivity contribution in [2.45, 2.75) is 76.9 Å². The maximum absolute atomic E-state index is 11.7. The molecule has 0 aromatic heterocycles. The van der Waals surface area contributed by atoms with Crippen LogP contribution in [-0.2, 0) is 35.9 Å². The zero-order chi connectivity index (χ0) is 36.8. The van der Waals surface area contributed by atoms with E-state index in [1.165, 1.54) is 0 Å². The molecule has 0 bridgehead atoms. The van der Waals surface area contributed by atoms with Crippen molar-refractivity contribution in [1.82, 2.24) is 9.80 Å². The van der Waals surface area contributed by atoms with Crippen molar-refractivity contribution in [3.8, 4) is 22.6 Å². The highest BCUT2D eigenvalue weighted by Gasteiger charge is 2.29. The zero-order valence-corrected chi connectivity index (χ0v) is 33.2. The summed E-state index contributed by atoms with van der Waals surface area (Å²) in [5, 5.41) is 20.4. The topological polar surface area (TPSA) is 99.5 Å². The number of ether oxygens (including phenoxy) is 2. The van der Waals surface area contributed by atoms with E-state index < -0.39 is 24.0 Å². The predicted molar refractivity (Wildman–Crippen MR) is 210 cm³/mol. The van der Waals surface area contributed by atoms with Crippen LogP contribution in [0.25, 0.3) is 11.1 Å². The van der Waals surface area contributed by atoms with E-state index in [9.17, 15) is 19.8 Å². The van der Waals surface area contributed by atoms with Gasteiger partial charge in [0, 0.05) is 35.3 Å². The highest BCUT2D eigenvalue weighted by Crippen LogP contribution is 2.38. The van der Waals surface area contributed by atoms with E-state index in [0.29, 0.717) is 47.5 Å². The van der Waals surface area contributed by atoms with Crippen LogP contribution < -0.4 is 9.47 Å². The summed E-state index contributed by atoms with van der Waals surface area (Å²) in [4.78, 5) is 27.5. The lowest BCUT2D eigenvalue weighted by atomic mass is 10.0. The summed E-state index contributed by atoms with van der Waals surface area (Å²) in [6.45, 7) is 3.13. The van der Waals surface area contributed by atoms with Crippen molar-refractivity contribution in [2.75, 3.05) is 13.1 Å². The van der Waals surface area contributed by atoms with Gasteiger partial charge in [-0.05, 0) is 106 Å². The van der Waals surface area contributed by atoms with E-state index in [1.54, 1.807) is 0 Å². The van der Waals surface area contributed by atoms with Gasteiger partial charge >= 0.3 is 11.9 Å². The van der Waals surface area contributed by atoms with Gasteiger partial charge in [-0.25, -0.2) is 0 Å². The molecule has 52 heavy (non-hydrogen) atoms. The van der Waals surface area contributed by atoms with Crippen molar-refractivity contribution >= 4 is 67.0 Å². The van der Waals surface area contributed by atoms with Crippen molar-refractivity contribution in [2.24, 2.45) is 0 Å². The number of carboxylic acid groups (broad SMARTS) is 2. The summed E-state index contributed by atoms with van der Waals surface area (Å²) in [5.74, 6) is -0.216. The van der Waals surface area contributed by atoms with Crippen LogP contribution in [-0.4, -0.2) is 57.1 Å². The molecule has 2 N–H and O–H groups in total. The van der Waals surface area contributed by atoms with Gasteiger partial charge in [0.2, 0.25) is 0 Å². The molecule has 2 aliphatic rings. The third kappa shape index (κ3) is 9.32. The number of likely N-dealkylation sites (tertiary alicyclic amines) is 2. The average Bonchev–Trinajstić information content (AvgIpc) is 3.12. The molecule has 2 heterocycles. The quantitative estimate of drug-likeness (QED) is 0.137. The Morgan fingerprint density at radius 3 is 1.46 bits per heavy atom. The molecule has 0 spiro atoms. The first-order chi connectivity index (χ1) is 25.1. The molecular formula is C40H40Br2Cl2N2O6. The summed E-state index contributed by atoms with van der Waals surface area (Å²) in [6, 6.07) is 22.3. The smallest absolute Gasteiger partial charge is 0.320 e. The lowest BCUT2D eigenvalue weighted by Crippen LogP contribution is -2.43. The number of benzene rings is 4. The van der Waals surface area contributed by atoms with Crippen LogP contribution in [0.5, 0.6) is 11.5 Å². The molecule has 0 unspecified atom stereocenters. The second kappa shape index (κ2) is 17.8. The summed E-state index contributed by atoms with van der Waals surface area (Å²) < 4.78 is 14.0. The van der Waals surface area contributed by atoms with E-state index in [4.69, 9.17) is 32.7 Å². The number of carboxylic acids is 2. The highest BCUT2D eigenvalue weighted by molar-refractivity contribution is 9.11. The van der Waals surface area contributed by atoms with Crippen LogP contribution >= 0.6 is 55.1 Å². The van der Waals surface area contributed by atoms with Gasteiger partial charge < -0.3 is 19.7 Å². The third-order valence-corrected chi connectivity index (χ3v) is 11.9. The van der Waals surface area contributed by atoms with Crippen LogP contribution in [0.1, 0.15) is 60.8 Å². The summed E-state index contributed by atoms with van der Waals surface area (Å²) >= 11 is 21.2. The van der Waals surface area contributed by atoms with Gasteiger partial charge in [-0.2, -0.15) is 0 Å². The van der Waals surface area contributed by atoms with Gasteiger partial charge in [-0.15, -0.1) is 0 Å². The zero-order valence-electron chi connectivity index (χ0n) is 28.5. The molecule has 6 rings (SSSR count). The molecule has 8 nitrogen and oxygen atoms in total. The van der Waals surface area contributed by atoms with Gasteiger partial charge in [-0.3, -0.25) is 19.4 Å². The number of aliphatic carboxylic acids is 2. The molecule has 0 aliphatic carbocycles. The summed E-state index contributed by atoms with van der Waals surface area (Å²) in [5.41, 5.74) is 5.18. The average molecular weight is 875 g/mol. The molecular weight excluding hydrogens is 835 g/mol. The molecule has 274 valence electrons. The van der Waals surface area contributed by atoms with Crippen molar-refractivity contribution in [3.05, 3.63) is 114 Å². The molecule has 2 aliphatic heterocycles. The standard InChI is InChI=1S/C40H40Br2Cl2N2O6/c41-31-19-25(21-45-17-3-1-11-33(45)39(47)48)13-15-35(31)51-23-27-7-5-9-29(37(27)43)30-10-6-8-28(38(30)44)24-52-36-16-14-26(20-32(36)42)22-46-18-4-2-12-34(46)40(49)50/h5-10,13-16,19-20,33-34H,1-4,11-12,17-18,21-24H2,(H,47,48)(H,49,50)/t33-,34-/m0/s1. The minimum Gasteiger partial charge on any atom is -0.488 e. The Labute approximate surface area is 330 Å². The largest absolute Gasteiger partial charge is 0.488 e. The van der Waals surface area contributed by atoms with E-state index in [0.717, 1.165) is 81.1 Å². The minimum absolute atomic E-state index is 0.233. The maximum Gasteiger partial charge on any atom is 0.320 e. The Morgan fingerprint density at radius 2 is 1.08 bits per heavy atom. The fourth-order valence-corrected chi connectivity index (χ4v) is 8.66. The van der Waals surface area contributed by atoms with Gasteiger partial charge in [0.25, 0.3) is 0 Å². The second-order valence-corrected chi connectivity index (χ2v) is 15.8. The third-order valence-electron chi connectivity index (χ3n) is 9.78. The SMILES string of the molecule is O=C(O)[C@@H]1CCCCN1Cc1ccc(OCc2cccc(-c3cccc(COc4ccc(CN5CCCC[C@H]5C(=O)O)cc4Br)c3Cl)c2Cl)c(Br)c1. The number of carbonyl (C=O) groups is 2. The first-order valence-electron chi connectivity index (χ1n) is 17.4. The van der Waals surface area contributed by atoms with E-state index >= 15 is 0 Å². The first-order valence-corrected chi connectivity index (χ1v) is 19.7. The van der Waals surface area contributed by atoms with Crippen LogP contribution in [0.2, 0.25) is 10.0 Å². The van der Waals surface area contributed by atoms with Gasteiger partial charge in [0.05, 0.1) is 19.0 Å². The van der Waals surface area contributed by atoms with E-state index in [2.05, 4.69) is 31.9 Å². The number of hydrogen-bond donors (Lipinski definition) is 2. The second-order valence-electron chi connectivity index (χ2n) is 13.3. The molecule has 12 heteroatoms. The molecule has 2 fully saturated rings. The Morgan fingerprint density at radius 1 is 0.654 bits per heavy atom. The number of halogens is 4. The van der Waals surface area contributed by atoms with Crippen LogP contribution in [0, 0.1) is 0 Å². The Hall–Kier alpha value is -3.12. The van der Waals surface area contributed by atoms with Gasteiger partial charge in [0.15, 0.2) is 0 Å². The molecule has 0 saturated carbocycles. The van der Waals surface area contributed by atoms with Crippen molar-refractivity contribution < 1.29 is 29.3 Å². The molecule has 2 saturated heterocycles. The van der Waals surface area contributed by atoms with Crippen molar-refractivity contribution in [1.29, 1.82) is 0 Å². The Bertz CT molecular complexity index is 1790. The highest BCUT2D eigenvalue weighted by atomic mass is 79.9. The number of hydrogen-bond acceptors (Lipinski definition) is 6. The molecule has 0 amide bonds. The lowest BCUT2D eigenvalue weighted by Gasteiger charge is -2.32. The molecule has 2 atom stereocenters. The van der Waals surface area contributed by atoms with E-state index in [1.807, 2.05) is 82.6 Å². The lowest BCUT2D eigenvalue weighted by molar-refractivity contribution is -0.145. The Kier molecular flexibility index (Phi) is 13.2. The summed E-state index contributed by atoms with van der Waals surface area (Å²) in [6.07, 6.45) is 5.22. The molecule has 4 aromatic rings. The first kappa shape index (κ1) is 38.6. The number of rotatable bonds is 13. The fourth-order valence-electron chi connectivity index (χ4n) is 7.02. The van der Waals surface area contributed by atoms with Gasteiger partial charge in [-0.1, -0.05) is 84.6 Å². The van der Waals surface area contributed by atoms with Crippen LogP contribution in [0.4, 0.5) is 0 Å². The van der Waals surface area contributed by atoms with Crippen LogP contribution in [0.3, 0.4) is 0 Å². The maximum atomic E-state index is 11.7. The fraction of sp³-hybridized carbons (Fsp3) is 0.350. The van der Waals surface area contributed by atoms with Crippen molar-refractivity contribution in [3.63, 3.8) is 0 Å². The monoisotopic (exact) mass is 872 g/mol. The molecule has 0 radical (unpaired) electrons. The minimum atomic E-state index is -0.766.